The number of benzene rings is 1. The molecule has 1 atom stereocenters. The lowest BCUT2D eigenvalue weighted by atomic mass is 10.1. The number of carbonyl (C=O) groups excluding carboxylic acids is 1. The maximum Gasteiger partial charge on any atom is 0.258 e. The van der Waals surface area contributed by atoms with Gasteiger partial charge < -0.3 is 5.32 Å². The van der Waals surface area contributed by atoms with Crippen LogP contribution in [0.4, 0.5) is 25.8 Å². The Morgan fingerprint density at radius 2 is 1.94 bits per heavy atom. The van der Waals surface area contributed by atoms with Crippen molar-refractivity contribution in [3.63, 3.8) is 0 Å². The Kier molecular flexibility index (Phi) is 5.86. The number of nitrogens with zero attached hydrogens (tertiary/aromatic N) is 3. The van der Waals surface area contributed by atoms with Gasteiger partial charge in [-0.25, -0.2) is 17.2 Å². The Morgan fingerprint density at radius 3 is 2.56 bits per heavy atom. The van der Waals surface area contributed by atoms with E-state index in [2.05, 4.69) is 15.3 Å². The Bertz CT molecular complexity index is 1470. The van der Waals surface area contributed by atoms with E-state index in [4.69, 9.17) is 4.99 Å². The first-order valence-electron chi connectivity index (χ1n) is 11.5. The largest absolute Gasteiger partial charge is 0.353 e. The molecule has 2 aromatic rings. The second kappa shape index (κ2) is 8.44. The zero-order valence-electron chi connectivity index (χ0n) is 20.4. The molecule has 3 heterocycles. The van der Waals surface area contributed by atoms with Gasteiger partial charge in [-0.15, -0.1) is 11.8 Å². The zero-order chi connectivity index (χ0) is 26.0. The van der Waals surface area contributed by atoms with E-state index in [9.17, 15) is 22.0 Å². The van der Waals surface area contributed by atoms with Crippen molar-refractivity contribution in [2.24, 2.45) is 15.9 Å². The number of carbonyl (C=O) groups is 1. The van der Waals surface area contributed by atoms with E-state index in [1.807, 2.05) is 26.8 Å². The lowest BCUT2D eigenvalue weighted by Crippen LogP contribution is -2.15. The minimum atomic E-state index is -3.62. The summed E-state index contributed by atoms with van der Waals surface area (Å²) in [6.45, 7) is 5.90. The number of alkyl halides is 2. The molecule has 1 saturated carbocycles. The molecule has 5 rings (SSSR count). The second-order valence-electron chi connectivity index (χ2n) is 10.3. The lowest BCUT2D eigenvalue weighted by Gasteiger charge is -2.16. The van der Waals surface area contributed by atoms with E-state index >= 15 is 0 Å². The fourth-order valence-corrected chi connectivity index (χ4v) is 6.38. The van der Waals surface area contributed by atoms with Crippen LogP contribution in [0, 0.1) is 5.92 Å². The number of aliphatic imine (C=N–C) groups is 2. The highest BCUT2D eigenvalue weighted by Crippen LogP contribution is 2.49. The molecule has 0 amide bonds. The number of thioether (sulfide) groups is 1. The van der Waals surface area contributed by atoms with E-state index in [1.54, 1.807) is 30.0 Å². The van der Waals surface area contributed by atoms with Gasteiger partial charge in [0.1, 0.15) is 11.5 Å². The zero-order valence-corrected chi connectivity index (χ0v) is 22.0. The van der Waals surface area contributed by atoms with Crippen molar-refractivity contribution in [2.75, 3.05) is 17.3 Å². The summed E-state index contributed by atoms with van der Waals surface area (Å²) < 4.78 is 52.3. The van der Waals surface area contributed by atoms with Gasteiger partial charge in [-0.05, 0) is 39.0 Å². The van der Waals surface area contributed by atoms with E-state index in [0.717, 1.165) is 28.3 Å². The molecule has 0 spiro atoms. The molecule has 0 radical (unpaired) electrons. The highest BCUT2D eigenvalue weighted by Gasteiger charge is 2.60. The van der Waals surface area contributed by atoms with Crippen molar-refractivity contribution >= 4 is 55.2 Å². The minimum absolute atomic E-state index is 0.104. The summed E-state index contributed by atoms with van der Waals surface area (Å²) in [6.07, 6.45) is 0.973. The highest BCUT2D eigenvalue weighted by molar-refractivity contribution is 8.14. The van der Waals surface area contributed by atoms with E-state index in [0.29, 0.717) is 34.9 Å². The maximum atomic E-state index is 13.4. The van der Waals surface area contributed by atoms with Gasteiger partial charge >= 0.3 is 0 Å². The maximum absolute atomic E-state index is 13.4. The number of Topliss-reactive ketones (excluding diaryl/α,β-unsaturated/α-hetero) is 1. The predicted molar refractivity (Wildman–Crippen MR) is 138 cm³/mol. The van der Waals surface area contributed by atoms with E-state index in [1.165, 1.54) is 0 Å². The number of aromatic nitrogens is 1. The Morgan fingerprint density at radius 1 is 1.22 bits per heavy atom. The molecule has 0 saturated heterocycles. The quantitative estimate of drug-likeness (QED) is 0.544. The third-order valence-electron chi connectivity index (χ3n) is 6.28. The average molecular weight is 533 g/mol. The average Bonchev–Trinajstić information content (AvgIpc) is 3.05. The number of rotatable bonds is 7. The van der Waals surface area contributed by atoms with E-state index in [-0.39, 0.29) is 16.9 Å². The van der Waals surface area contributed by atoms with E-state index < -0.39 is 33.9 Å². The van der Waals surface area contributed by atoms with Crippen molar-refractivity contribution < 1.29 is 22.0 Å². The molecule has 0 bridgehead atoms. The molecule has 1 aromatic heterocycles. The molecule has 1 aromatic carbocycles. The summed E-state index contributed by atoms with van der Waals surface area (Å²) in [5.74, 6) is -3.93. The van der Waals surface area contributed by atoms with Crippen molar-refractivity contribution in [1.29, 1.82) is 0 Å². The molecule has 7 nitrogen and oxygen atoms in total. The molecule has 190 valence electrons. The van der Waals surface area contributed by atoms with Crippen LogP contribution >= 0.6 is 11.8 Å². The Labute approximate surface area is 212 Å². The topological polar surface area (TPSA) is 101 Å². The third-order valence-corrected chi connectivity index (χ3v) is 8.87. The smallest absolute Gasteiger partial charge is 0.258 e. The Balaban J connectivity index is 1.51. The summed E-state index contributed by atoms with van der Waals surface area (Å²) in [5, 5.41) is 3.97. The molecule has 1 aliphatic carbocycles. The number of fused-ring (bicyclic) bond motifs is 1. The number of anilines is 2. The minimum Gasteiger partial charge on any atom is -0.353 e. The number of hydrogen-bond acceptors (Lipinski definition) is 8. The normalized spacial score (nSPS) is 21.6. The monoisotopic (exact) mass is 532 g/mol. The molecule has 11 heteroatoms. The van der Waals surface area contributed by atoms with Crippen LogP contribution in [0.5, 0.6) is 0 Å². The predicted octanol–water partition coefficient (Wildman–Crippen LogP) is 4.92. The number of ketones is 1. The van der Waals surface area contributed by atoms with Gasteiger partial charge in [-0.1, -0.05) is 6.07 Å². The first-order chi connectivity index (χ1) is 16.7. The highest BCUT2D eigenvalue weighted by atomic mass is 32.2. The number of nitrogens with one attached hydrogen (secondary N) is 1. The van der Waals surface area contributed by atoms with Crippen LogP contribution in [0.3, 0.4) is 0 Å². The SMILES string of the molecule is CC1=Nc2c(Nc3ccc(C4=NC(C)(C)CS4)cc3S(C)(=O)=O)cc(CC(=O)[C@@H]3CC3(F)F)nc2C1. The van der Waals surface area contributed by atoms with Crippen LogP contribution in [0.2, 0.25) is 0 Å². The van der Waals surface area contributed by atoms with Crippen molar-refractivity contribution in [3.8, 4) is 0 Å². The second-order valence-corrected chi connectivity index (χ2v) is 13.2. The lowest BCUT2D eigenvalue weighted by molar-refractivity contribution is -0.121. The summed E-state index contributed by atoms with van der Waals surface area (Å²) in [6, 6.07) is 6.72. The summed E-state index contributed by atoms with van der Waals surface area (Å²) in [5.41, 5.74) is 3.69. The van der Waals surface area contributed by atoms with Crippen LogP contribution < -0.4 is 5.32 Å². The van der Waals surface area contributed by atoms with Gasteiger partial charge in [0, 0.05) is 42.5 Å². The van der Waals surface area contributed by atoms with Crippen molar-refractivity contribution in [2.45, 2.75) is 56.4 Å². The van der Waals surface area contributed by atoms with Crippen LogP contribution in [-0.4, -0.2) is 53.4 Å². The molecule has 0 unspecified atom stereocenters. The fraction of sp³-hybridized carbons (Fsp3) is 0.440. The number of halogens is 2. The molecule has 1 N–H and O–H groups in total. The molecule has 3 aliphatic rings. The van der Waals surface area contributed by atoms with Crippen molar-refractivity contribution in [1.82, 2.24) is 4.98 Å². The van der Waals surface area contributed by atoms with Crippen LogP contribution in [0.15, 0.2) is 39.1 Å². The first-order valence-corrected chi connectivity index (χ1v) is 14.4. The summed E-state index contributed by atoms with van der Waals surface area (Å²) in [4.78, 5) is 26.2. The number of pyridine rings is 1. The fourth-order valence-electron chi connectivity index (χ4n) is 4.36. The summed E-state index contributed by atoms with van der Waals surface area (Å²) >= 11 is 1.59. The molecular weight excluding hydrogens is 506 g/mol. The van der Waals surface area contributed by atoms with Crippen LogP contribution in [0.25, 0.3) is 0 Å². The number of hydrogen-bond donors (Lipinski definition) is 1. The molecule has 1 fully saturated rings. The standard InChI is InChI=1S/C25H26F2N4O3S2/c1-13-7-18-22(28-13)19(9-15(29-18)10-20(32)16-11-25(16,26)27)30-17-6-5-14(8-21(17)36(4,33)34)23-31-24(2,3)12-35-23/h5-6,8-9,16H,7,10-12H2,1-4H3,(H,29,30)/t16-/m0/s1. The number of sulfone groups is 1. The summed E-state index contributed by atoms with van der Waals surface area (Å²) in [7, 11) is -3.62. The third kappa shape index (κ3) is 4.95. The molecule has 36 heavy (non-hydrogen) atoms. The van der Waals surface area contributed by atoms with Crippen LogP contribution in [0.1, 0.15) is 44.1 Å². The van der Waals surface area contributed by atoms with Gasteiger partial charge in [0.05, 0.1) is 44.2 Å². The Hall–Kier alpha value is -2.66. The first kappa shape index (κ1) is 25.0. The van der Waals surface area contributed by atoms with Crippen molar-refractivity contribution in [3.05, 3.63) is 41.2 Å². The molecule has 2 aliphatic heterocycles. The van der Waals surface area contributed by atoms with Crippen LogP contribution in [-0.2, 0) is 27.5 Å². The van der Waals surface area contributed by atoms with Gasteiger partial charge in [0.2, 0.25) is 0 Å². The van der Waals surface area contributed by atoms with Gasteiger partial charge in [0.15, 0.2) is 9.84 Å². The van der Waals surface area contributed by atoms with Gasteiger partial charge in [0.25, 0.3) is 5.92 Å². The van der Waals surface area contributed by atoms with Gasteiger partial charge in [-0.2, -0.15) is 0 Å². The van der Waals surface area contributed by atoms with Gasteiger partial charge in [-0.3, -0.25) is 19.8 Å². The molecular formula is C25H26F2N4O3S2.